The molecule has 2 heteroatoms. The van der Waals surface area contributed by atoms with Crippen molar-refractivity contribution in [3.8, 4) is 0 Å². The Morgan fingerprint density at radius 1 is 1.40 bits per heavy atom. The fourth-order valence-corrected chi connectivity index (χ4v) is 2.56. The topological polar surface area (TPSA) is 12.5 Å². The highest BCUT2D eigenvalue weighted by molar-refractivity contribution is 9.10. The number of hydrogen-bond donors (Lipinski definition) is 0. The van der Waals surface area contributed by atoms with Gasteiger partial charge in [0.25, 0.3) is 0 Å². The third-order valence-electron chi connectivity index (χ3n) is 3.08. The first-order chi connectivity index (χ1) is 7.22. The van der Waals surface area contributed by atoms with Crippen LogP contribution in [0.25, 0.3) is 0 Å². The molecule has 0 spiro atoms. The minimum Gasteiger partial charge on any atom is -0.369 e. The number of rotatable bonds is 4. The lowest BCUT2D eigenvalue weighted by Gasteiger charge is -2.09. The zero-order valence-electron chi connectivity index (χ0n) is 9.24. The highest BCUT2D eigenvalue weighted by Crippen LogP contribution is 2.34. The quantitative estimate of drug-likeness (QED) is 0.757. The second kappa shape index (κ2) is 4.67. The maximum atomic E-state index is 5.62. The molecule has 1 heterocycles. The van der Waals surface area contributed by atoms with E-state index in [-0.39, 0.29) is 0 Å². The van der Waals surface area contributed by atoms with Crippen LogP contribution in [0.3, 0.4) is 0 Å². The molecular weight excluding hydrogens is 252 g/mol. The van der Waals surface area contributed by atoms with E-state index >= 15 is 0 Å². The monoisotopic (exact) mass is 268 g/mol. The van der Waals surface area contributed by atoms with Crippen LogP contribution in [-0.4, -0.2) is 12.2 Å². The molecule has 1 fully saturated rings. The number of halogens is 1. The Morgan fingerprint density at radius 2 is 2.13 bits per heavy atom. The van der Waals surface area contributed by atoms with E-state index in [9.17, 15) is 0 Å². The van der Waals surface area contributed by atoms with Gasteiger partial charge in [0, 0.05) is 4.47 Å². The molecule has 2 rings (SSSR count). The smallest absolute Gasteiger partial charge is 0.0870 e. The van der Waals surface area contributed by atoms with Gasteiger partial charge in [0.1, 0.15) is 0 Å². The summed E-state index contributed by atoms with van der Waals surface area (Å²) in [6.45, 7) is 4.47. The Labute approximate surface area is 100.0 Å². The standard InChI is InChI=1S/C13H17BrO/c1-3-12-13(15-12)9(2)8-10-6-4-5-7-11(10)14/h4-7,9,12-13H,3,8H2,1-2H3. The number of benzene rings is 1. The summed E-state index contributed by atoms with van der Waals surface area (Å²) in [5.41, 5.74) is 1.38. The van der Waals surface area contributed by atoms with Crippen LogP contribution in [0.4, 0.5) is 0 Å². The van der Waals surface area contributed by atoms with Crippen molar-refractivity contribution >= 4 is 15.9 Å². The molecule has 1 aromatic carbocycles. The summed E-state index contributed by atoms with van der Waals surface area (Å²) in [5.74, 6) is 0.619. The summed E-state index contributed by atoms with van der Waals surface area (Å²) in [5, 5.41) is 0. The summed E-state index contributed by atoms with van der Waals surface area (Å²) < 4.78 is 6.84. The van der Waals surface area contributed by atoms with Crippen LogP contribution in [0.2, 0.25) is 0 Å². The third-order valence-corrected chi connectivity index (χ3v) is 3.86. The second-order valence-electron chi connectivity index (χ2n) is 4.32. The van der Waals surface area contributed by atoms with Gasteiger partial charge in [0.2, 0.25) is 0 Å². The normalized spacial score (nSPS) is 26.3. The van der Waals surface area contributed by atoms with Crippen LogP contribution in [0.5, 0.6) is 0 Å². The number of hydrogen-bond acceptors (Lipinski definition) is 1. The Kier molecular flexibility index (Phi) is 3.47. The molecule has 0 N–H and O–H groups in total. The first-order valence-corrected chi connectivity index (χ1v) is 6.40. The van der Waals surface area contributed by atoms with E-state index in [0.29, 0.717) is 18.1 Å². The Hall–Kier alpha value is -0.340. The predicted octanol–water partition coefficient (Wildman–Crippen LogP) is 3.81. The molecule has 1 nitrogen and oxygen atoms in total. The van der Waals surface area contributed by atoms with Crippen molar-refractivity contribution in [3.05, 3.63) is 34.3 Å². The van der Waals surface area contributed by atoms with E-state index in [1.165, 1.54) is 10.0 Å². The lowest BCUT2D eigenvalue weighted by molar-refractivity contribution is 0.322. The Balaban J connectivity index is 1.95. The molecule has 0 aromatic heterocycles. The molecule has 0 saturated carbocycles. The Bertz CT molecular complexity index is 337. The van der Waals surface area contributed by atoms with E-state index in [1.54, 1.807) is 0 Å². The maximum Gasteiger partial charge on any atom is 0.0870 e. The summed E-state index contributed by atoms with van der Waals surface area (Å²) in [7, 11) is 0. The van der Waals surface area contributed by atoms with Gasteiger partial charge in [-0.3, -0.25) is 0 Å². The van der Waals surface area contributed by atoms with E-state index in [4.69, 9.17) is 4.74 Å². The summed E-state index contributed by atoms with van der Waals surface area (Å²) in [4.78, 5) is 0. The molecule has 1 aromatic rings. The highest BCUT2D eigenvalue weighted by atomic mass is 79.9. The minimum absolute atomic E-state index is 0.488. The maximum absolute atomic E-state index is 5.62. The van der Waals surface area contributed by atoms with Crippen molar-refractivity contribution in [2.24, 2.45) is 5.92 Å². The van der Waals surface area contributed by atoms with Crippen molar-refractivity contribution in [3.63, 3.8) is 0 Å². The van der Waals surface area contributed by atoms with Gasteiger partial charge in [0.05, 0.1) is 12.2 Å². The van der Waals surface area contributed by atoms with Gasteiger partial charge in [-0.05, 0) is 30.4 Å². The highest BCUT2D eigenvalue weighted by Gasteiger charge is 2.41. The molecule has 1 saturated heterocycles. The van der Waals surface area contributed by atoms with Gasteiger partial charge >= 0.3 is 0 Å². The van der Waals surface area contributed by atoms with Gasteiger partial charge in [-0.1, -0.05) is 48.0 Å². The number of ether oxygens (including phenoxy) is 1. The average Bonchev–Trinajstić information content (AvgIpc) is 3.00. The van der Waals surface area contributed by atoms with Gasteiger partial charge < -0.3 is 4.74 Å². The first kappa shape index (κ1) is 11.2. The van der Waals surface area contributed by atoms with Crippen LogP contribution in [0.15, 0.2) is 28.7 Å². The van der Waals surface area contributed by atoms with Crippen molar-refractivity contribution in [1.29, 1.82) is 0 Å². The number of epoxide rings is 1. The molecule has 3 atom stereocenters. The minimum atomic E-state index is 0.488. The van der Waals surface area contributed by atoms with Crippen LogP contribution in [0.1, 0.15) is 25.8 Å². The molecule has 0 bridgehead atoms. The van der Waals surface area contributed by atoms with Crippen LogP contribution >= 0.6 is 15.9 Å². The van der Waals surface area contributed by atoms with Gasteiger partial charge in [-0.2, -0.15) is 0 Å². The zero-order valence-corrected chi connectivity index (χ0v) is 10.8. The first-order valence-electron chi connectivity index (χ1n) is 5.61. The molecular formula is C13H17BrO. The SMILES string of the molecule is CCC1OC1C(C)Cc1ccccc1Br. The summed E-state index contributed by atoms with van der Waals surface area (Å²) >= 11 is 3.59. The largest absolute Gasteiger partial charge is 0.369 e. The predicted molar refractivity (Wildman–Crippen MR) is 66.0 cm³/mol. The zero-order chi connectivity index (χ0) is 10.8. The van der Waals surface area contributed by atoms with Crippen LogP contribution in [-0.2, 0) is 11.2 Å². The van der Waals surface area contributed by atoms with Crippen molar-refractivity contribution in [1.82, 2.24) is 0 Å². The van der Waals surface area contributed by atoms with Crippen LogP contribution in [0, 0.1) is 5.92 Å². The fourth-order valence-electron chi connectivity index (χ4n) is 2.11. The lowest BCUT2D eigenvalue weighted by Crippen LogP contribution is -2.10. The van der Waals surface area contributed by atoms with Crippen molar-refractivity contribution < 1.29 is 4.74 Å². The Morgan fingerprint density at radius 3 is 2.73 bits per heavy atom. The molecule has 1 aliphatic rings. The molecule has 3 unspecified atom stereocenters. The molecule has 0 amide bonds. The molecule has 0 aliphatic carbocycles. The van der Waals surface area contributed by atoms with Crippen LogP contribution < -0.4 is 0 Å². The summed E-state index contributed by atoms with van der Waals surface area (Å²) in [6, 6.07) is 8.44. The van der Waals surface area contributed by atoms with E-state index in [0.717, 1.165) is 12.8 Å². The molecule has 1 aliphatic heterocycles. The average molecular weight is 269 g/mol. The van der Waals surface area contributed by atoms with E-state index < -0.39 is 0 Å². The molecule has 15 heavy (non-hydrogen) atoms. The van der Waals surface area contributed by atoms with Gasteiger partial charge in [-0.25, -0.2) is 0 Å². The van der Waals surface area contributed by atoms with Crippen molar-refractivity contribution in [2.45, 2.75) is 38.9 Å². The molecule has 82 valence electrons. The van der Waals surface area contributed by atoms with Gasteiger partial charge in [0.15, 0.2) is 0 Å². The van der Waals surface area contributed by atoms with E-state index in [2.05, 4.69) is 54.0 Å². The van der Waals surface area contributed by atoms with Gasteiger partial charge in [-0.15, -0.1) is 0 Å². The van der Waals surface area contributed by atoms with E-state index in [1.807, 2.05) is 0 Å². The summed E-state index contributed by atoms with van der Waals surface area (Å²) in [6.07, 6.45) is 3.25. The molecule has 0 radical (unpaired) electrons. The lowest BCUT2D eigenvalue weighted by atomic mass is 9.96. The second-order valence-corrected chi connectivity index (χ2v) is 5.17. The third kappa shape index (κ3) is 2.61. The van der Waals surface area contributed by atoms with Crippen molar-refractivity contribution in [2.75, 3.05) is 0 Å². The fraction of sp³-hybridized carbons (Fsp3) is 0.538.